The van der Waals surface area contributed by atoms with Gasteiger partial charge in [-0.05, 0) is 12.1 Å². The van der Waals surface area contributed by atoms with Gasteiger partial charge in [0.2, 0.25) is 0 Å². The van der Waals surface area contributed by atoms with Gasteiger partial charge in [0.05, 0.1) is 13.2 Å². The summed E-state index contributed by atoms with van der Waals surface area (Å²) in [4.78, 5) is 0. The van der Waals surface area contributed by atoms with Gasteiger partial charge in [-0.1, -0.05) is 18.2 Å². The Hall–Kier alpha value is -0.990. The molecule has 0 saturated carbocycles. The molecule has 11 atom stereocenters. The summed E-state index contributed by atoms with van der Waals surface area (Å²) in [6.07, 6.45) is -15.1. The van der Waals surface area contributed by atoms with Crippen molar-refractivity contribution in [2.24, 2.45) is 0 Å². The van der Waals surface area contributed by atoms with Crippen LogP contribution in [-0.4, -0.2) is 115 Å². The molecule has 2 aliphatic rings. The van der Waals surface area contributed by atoms with Crippen LogP contribution in [0.5, 0.6) is 0 Å². The summed E-state index contributed by atoms with van der Waals surface area (Å²) in [6.45, 7) is -1.62. The molecule has 2 fully saturated rings. The monoisotopic (exact) mass is 466 g/mol. The van der Waals surface area contributed by atoms with E-state index in [-0.39, 0.29) is 5.30 Å². The lowest BCUT2D eigenvalue weighted by atomic mass is 10.0. The van der Waals surface area contributed by atoms with Crippen molar-refractivity contribution < 1.29 is 59.4 Å². The molecule has 176 valence electrons. The van der Waals surface area contributed by atoms with Crippen molar-refractivity contribution in [2.75, 3.05) is 13.2 Å². The van der Waals surface area contributed by atoms with E-state index in [1.807, 2.05) is 0 Å². The molecule has 1 unspecified atom stereocenters. The highest BCUT2D eigenvalue weighted by Crippen LogP contribution is 2.58. The maximum absolute atomic E-state index is 13.9. The molecule has 1 aromatic rings. The van der Waals surface area contributed by atoms with Crippen LogP contribution in [0.1, 0.15) is 0 Å². The normalized spacial score (nSPS) is 43.0. The molecule has 2 saturated heterocycles. The standard InChI is InChI=1S/C18H27O12P/c19-6-9(21)15-11(23)13(25)17(28-15)29-18-14(26)12(24)16(10(22)7-20)30-31(18,27)8-4-2-1-3-5-8/h1-5,9-26H,6-7H2/t9-,10+,11-,12+,13+,14-,15-,16+,17?,18+,31-/m0/s1. The number of rotatable bonds is 7. The van der Waals surface area contributed by atoms with Crippen LogP contribution in [0.2, 0.25) is 0 Å². The van der Waals surface area contributed by atoms with E-state index in [2.05, 4.69) is 0 Å². The lowest BCUT2D eigenvalue weighted by Gasteiger charge is -2.44. The topological polar surface area (TPSA) is 207 Å². The third-order valence-electron chi connectivity index (χ3n) is 5.37. The minimum absolute atomic E-state index is 0.0565. The number of benzene rings is 1. The summed E-state index contributed by atoms with van der Waals surface area (Å²) in [7, 11) is -4.23. The Morgan fingerprint density at radius 1 is 0.871 bits per heavy atom. The quantitative estimate of drug-likeness (QED) is 0.182. The van der Waals surface area contributed by atoms with Crippen molar-refractivity contribution in [3.63, 3.8) is 0 Å². The van der Waals surface area contributed by atoms with Crippen molar-refractivity contribution in [3.8, 4) is 0 Å². The Labute approximate surface area is 177 Å². The summed E-state index contributed by atoms with van der Waals surface area (Å²) in [6, 6.07) is 7.50. The first-order valence-electron chi connectivity index (χ1n) is 9.60. The summed E-state index contributed by atoms with van der Waals surface area (Å²) in [5.74, 6) is -1.80. The summed E-state index contributed by atoms with van der Waals surface area (Å²) in [5.41, 5.74) is 0. The number of ether oxygens (including phenoxy) is 2. The highest BCUT2D eigenvalue weighted by atomic mass is 31.2. The number of aliphatic hydroxyl groups excluding tert-OH is 8. The Kier molecular flexibility index (Phi) is 7.85. The van der Waals surface area contributed by atoms with Crippen molar-refractivity contribution >= 4 is 12.7 Å². The molecule has 2 aliphatic heterocycles. The average molecular weight is 466 g/mol. The minimum atomic E-state index is -4.23. The highest BCUT2D eigenvalue weighted by molar-refractivity contribution is 7.67. The van der Waals surface area contributed by atoms with Gasteiger partial charge in [-0.25, -0.2) is 0 Å². The molecule has 0 amide bonds. The van der Waals surface area contributed by atoms with Crippen LogP contribution in [0.15, 0.2) is 30.3 Å². The van der Waals surface area contributed by atoms with Crippen LogP contribution in [0.3, 0.4) is 0 Å². The van der Waals surface area contributed by atoms with Gasteiger partial charge in [-0.2, -0.15) is 0 Å². The van der Waals surface area contributed by atoms with Gasteiger partial charge in [0.25, 0.3) is 7.37 Å². The maximum atomic E-state index is 13.9. The SMILES string of the molecule is O=[P@@]1(c2ccccc2)O[C@H]([C@H](O)CO)[C@H](O)[C@H](O)[C@@H]1OC1O[C@@H]([C@@H](O)CO)[C@@H](O)[C@H]1O. The molecule has 0 spiro atoms. The van der Waals surface area contributed by atoms with Crippen LogP contribution >= 0.6 is 7.37 Å². The summed E-state index contributed by atoms with van der Waals surface area (Å²) >= 11 is 0. The van der Waals surface area contributed by atoms with E-state index in [0.29, 0.717) is 0 Å². The molecular formula is C18H27O12P. The van der Waals surface area contributed by atoms with Gasteiger partial charge in [0, 0.05) is 5.30 Å². The van der Waals surface area contributed by atoms with Gasteiger partial charge < -0.3 is 54.8 Å². The van der Waals surface area contributed by atoms with Crippen molar-refractivity contribution in [1.29, 1.82) is 0 Å². The van der Waals surface area contributed by atoms with Gasteiger partial charge in [-0.3, -0.25) is 4.57 Å². The van der Waals surface area contributed by atoms with E-state index in [1.54, 1.807) is 6.07 Å². The minimum Gasteiger partial charge on any atom is -0.394 e. The third-order valence-corrected chi connectivity index (χ3v) is 8.04. The second-order valence-electron chi connectivity index (χ2n) is 7.46. The van der Waals surface area contributed by atoms with Crippen molar-refractivity contribution in [3.05, 3.63) is 30.3 Å². The predicted molar refractivity (Wildman–Crippen MR) is 102 cm³/mol. The molecule has 3 rings (SSSR count). The third kappa shape index (κ3) is 4.58. The first-order chi connectivity index (χ1) is 14.7. The predicted octanol–water partition coefficient (Wildman–Crippen LogP) is -3.79. The lowest BCUT2D eigenvalue weighted by Crippen LogP contribution is -2.57. The van der Waals surface area contributed by atoms with Crippen LogP contribution in [-0.2, 0) is 18.6 Å². The Morgan fingerprint density at radius 3 is 2.00 bits per heavy atom. The fraction of sp³-hybridized carbons (Fsp3) is 0.667. The molecule has 0 aliphatic carbocycles. The molecular weight excluding hydrogens is 439 g/mol. The molecule has 2 heterocycles. The van der Waals surface area contributed by atoms with E-state index in [0.717, 1.165) is 0 Å². The summed E-state index contributed by atoms with van der Waals surface area (Å²) < 4.78 is 30.2. The molecule has 1 aromatic carbocycles. The fourth-order valence-electron chi connectivity index (χ4n) is 3.62. The molecule has 31 heavy (non-hydrogen) atoms. The Bertz CT molecular complexity index is 765. The van der Waals surface area contributed by atoms with Crippen LogP contribution < -0.4 is 5.30 Å². The molecule has 12 nitrogen and oxygen atoms in total. The number of hydrogen-bond donors (Lipinski definition) is 8. The Balaban J connectivity index is 1.94. The molecule has 0 bridgehead atoms. The van der Waals surface area contributed by atoms with Crippen molar-refractivity contribution in [1.82, 2.24) is 0 Å². The highest BCUT2D eigenvalue weighted by Gasteiger charge is 2.57. The van der Waals surface area contributed by atoms with E-state index < -0.39 is 81.5 Å². The van der Waals surface area contributed by atoms with Crippen LogP contribution in [0.4, 0.5) is 0 Å². The van der Waals surface area contributed by atoms with Gasteiger partial charge >= 0.3 is 0 Å². The van der Waals surface area contributed by atoms with Crippen molar-refractivity contribution in [2.45, 2.75) is 61.0 Å². The lowest BCUT2D eigenvalue weighted by molar-refractivity contribution is -0.224. The van der Waals surface area contributed by atoms with Crippen LogP contribution in [0, 0.1) is 0 Å². The van der Waals surface area contributed by atoms with Gasteiger partial charge in [-0.15, -0.1) is 0 Å². The average Bonchev–Trinajstić information content (AvgIpc) is 3.07. The zero-order chi connectivity index (χ0) is 22.9. The van der Waals surface area contributed by atoms with Gasteiger partial charge in [0.1, 0.15) is 48.8 Å². The van der Waals surface area contributed by atoms with E-state index >= 15 is 0 Å². The molecule has 13 heteroatoms. The molecule has 0 radical (unpaired) electrons. The number of aliphatic hydroxyl groups is 8. The van der Waals surface area contributed by atoms with E-state index in [9.17, 15) is 40.3 Å². The van der Waals surface area contributed by atoms with E-state index in [4.69, 9.17) is 19.1 Å². The Morgan fingerprint density at radius 2 is 1.42 bits per heavy atom. The second-order valence-corrected chi connectivity index (χ2v) is 9.89. The second kappa shape index (κ2) is 9.87. The van der Waals surface area contributed by atoms with E-state index in [1.165, 1.54) is 24.3 Å². The molecule has 8 N–H and O–H groups in total. The summed E-state index contributed by atoms with van der Waals surface area (Å²) in [5, 5.41) is 79.4. The zero-order valence-electron chi connectivity index (χ0n) is 16.2. The first kappa shape index (κ1) is 24.6. The fourth-order valence-corrected chi connectivity index (χ4v) is 6.23. The van der Waals surface area contributed by atoms with Crippen LogP contribution in [0.25, 0.3) is 0 Å². The first-order valence-corrected chi connectivity index (χ1v) is 11.3. The smallest absolute Gasteiger partial charge is 0.263 e. The zero-order valence-corrected chi connectivity index (χ0v) is 17.1. The maximum Gasteiger partial charge on any atom is 0.263 e. The molecule has 0 aromatic heterocycles. The van der Waals surface area contributed by atoms with Gasteiger partial charge in [0.15, 0.2) is 12.1 Å². The largest absolute Gasteiger partial charge is 0.394 e. The number of hydrogen-bond acceptors (Lipinski definition) is 12.